The number of hydrogen-bond donors (Lipinski definition) is 0. The summed E-state index contributed by atoms with van der Waals surface area (Å²) in [4.78, 5) is 34.8. The highest BCUT2D eigenvalue weighted by atomic mass is 79.9. The van der Waals surface area contributed by atoms with Gasteiger partial charge in [0.2, 0.25) is 0 Å². The van der Waals surface area contributed by atoms with Crippen molar-refractivity contribution in [2.45, 2.75) is 25.8 Å². The second kappa shape index (κ2) is 11.6. The Balaban J connectivity index is 1.67. The Hall–Kier alpha value is -4.03. The Morgan fingerprint density at radius 1 is 0.868 bits per heavy atom. The largest absolute Gasteiger partial charge is 0.328 e. The molecule has 5 nitrogen and oxygen atoms in total. The first kappa shape index (κ1) is 25.6. The summed E-state index contributed by atoms with van der Waals surface area (Å²) >= 11 is 3.47. The molecule has 0 aliphatic heterocycles. The number of carbonyl (C=O) groups is 1. The molecule has 1 heterocycles. The normalized spacial score (nSPS) is 11.8. The Morgan fingerprint density at radius 2 is 1.50 bits per heavy atom. The summed E-state index contributed by atoms with van der Waals surface area (Å²) in [7, 11) is 0. The zero-order chi connectivity index (χ0) is 26.5. The molecule has 0 aliphatic rings. The van der Waals surface area contributed by atoms with Crippen molar-refractivity contribution in [3.05, 3.63) is 141 Å². The topological polar surface area (TPSA) is 55.2 Å². The van der Waals surface area contributed by atoms with Crippen LogP contribution in [0.3, 0.4) is 0 Å². The van der Waals surface area contributed by atoms with Gasteiger partial charge < -0.3 is 4.90 Å². The molecule has 1 amide bonds. The van der Waals surface area contributed by atoms with Crippen LogP contribution in [-0.2, 0) is 6.42 Å². The molecular formula is C32H28BrN3O2. The van der Waals surface area contributed by atoms with Crippen LogP contribution in [0.25, 0.3) is 16.6 Å². The summed E-state index contributed by atoms with van der Waals surface area (Å²) in [5, 5.41) is 0.546. The third-order valence-electron chi connectivity index (χ3n) is 6.71. The fourth-order valence-electron chi connectivity index (χ4n) is 4.79. The average Bonchev–Trinajstić information content (AvgIpc) is 2.96. The molecule has 0 fully saturated rings. The third-order valence-corrected chi connectivity index (χ3v) is 7.24. The van der Waals surface area contributed by atoms with Gasteiger partial charge in [-0.2, -0.15) is 0 Å². The molecule has 0 saturated heterocycles. The molecule has 1 aromatic heterocycles. The second-order valence-electron chi connectivity index (χ2n) is 9.13. The molecule has 0 radical (unpaired) electrons. The van der Waals surface area contributed by atoms with Crippen LogP contribution < -0.4 is 5.56 Å². The number of carbonyl (C=O) groups excluding carboxylic acids is 1. The first-order chi connectivity index (χ1) is 18.6. The quantitative estimate of drug-likeness (QED) is 0.204. The molecule has 38 heavy (non-hydrogen) atoms. The van der Waals surface area contributed by atoms with Gasteiger partial charge in [0.15, 0.2) is 0 Å². The molecule has 6 heteroatoms. The predicted molar refractivity (Wildman–Crippen MR) is 156 cm³/mol. The summed E-state index contributed by atoms with van der Waals surface area (Å²) in [5.74, 6) is 0.461. The van der Waals surface area contributed by atoms with Crippen molar-refractivity contribution in [3.8, 4) is 5.69 Å². The number of benzene rings is 4. The number of nitrogens with zero attached hydrogens (tertiary/aromatic N) is 3. The summed E-state index contributed by atoms with van der Waals surface area (Å²) in [6.07, 6.45) is 1.28. The number of aromatic nitrogens is 2. The van der Waals surface area contributed by atoms with E-state index in [1.807, 2.05) is 103 Å². The van der Waals surface area contributed by atoms with Gasteiger partial charge in [0.1, 0.15) is 5.82 Å². The van der Waals surface area contributed by atoms with Gasteiger partial charge in [0, 0.05) is 16.6 Å². The number of rotatable bonds is 8. The highest BCUT2D eigenvalue weighted by Gasteiger charge is 2.29. The van der Waals surface area contributed by atoms with Gasteiger partial charge >= 0.3 is 0 Å². The zero-order valence-corrected chi connectivity index (χ0v) is 22.7. The zero-order valence-electron chi connectivity index (χ0n) is 21.1. The number of hydrogen-bond acceptors (Lipinski definition) is 3. The smallest absolute Gasteiger partial charge is 0.266 e. The summed E-state index contributed by atoms with van der Waals surface area (Å²) in [6, 6.07) is 34.0. The lowest BCUT2D eigenvalue weighted by Crippen LogP contribution is -2.39. The van der Waals surface area contributed by atoms with Crippen molar-refractivity contribution in [2.24, 2.45) is 0 Å². The van der Waals surface area contributed by atoms with Gasteiger partial charge in [-0.25, -0.2) is 4.98 Å². The van der Waals surface area contributed by atoms with Gasteiger partial charge in [-0.1, -0.05) is 83.5 Å². The molecule has 190 valence electrons. The summed E-state index contributed by atoms with van der Waals surface area (Å²) in [5.41, 5.74) is 2.94. The number of para-hydroxylation sites is 2. The van der Waals surface area contributed by atoms with Crippen LogP contribution in [0.5, 0.6) is 0 Å². The highest BCUT2D eigenvalue weighted by molar-refractivity contribution is 9.10. The maximum absolute atomic E-state index is 14.0. The standard InChI is InChI=1S/C32H28BrN3O2/c1-2-29(30-34-28-16-10-9-15-27(28)32(38)36(30)26-13-7-4-8-14-26)35(22-21-23-11-5-3-6-12-23)31(37)24-17-19-25(33)20-18-24/h3-20,29H,2,21-22H2,1H3. The molecule has 0 bridgehead atoms. The van der Waals surface area contributed by atoms with Gasteiger partial charge in [-0.15, -0.1) is 0 Å². The van der Waals surface area contributed by atoms with Crippen molar-refractivity contribution in [2.75, 3.05) is 6.54 Å². The Bertz CT molecular complexity index is 1600. The number of halogens is 1. The van der Waals surface area contributed by atoms with Crippen molar-refractivity contribution >= 4 is 32.7 Å². The molecule has 1 atom stereocenters. The summed E-state index contributed by atoms with van der Waals surface area (Å²) < 4.78 is 2.58. The van der Waals surface area contributed by atoms with Crippen LogP contribution >= 0.6 is 15.9 Å². The molecule has 0 aliphatic carbocycles. The van der Waals surface area contributed by atoms with E-state index in [0.29, 0.717) is 41.7 Å². The van der Waals surface area contributed by atoms with E-state index < -0.39 is 6.04 Å². The van der Waals surface area contributed by atoms with E-state index in [4.69, 9.17) is 4.98 Å². The first-order valence-electron chi connectivity index (χ1n) is 12.7. The van der Waals surface area contributed by atoms with Crippen molar-refractivity contribution < 1.29 is 4.79 Å². The van der Waals surface area contributed by atoms with Gasteiger partial charge in [-0.05, 0) is 66.9 Å². The maximum atomic E-state index is 14.0. The number of amides is 1. The van der Waals surface area contributed by atoms with E-state index in [2.05, 4.69) is 28.1 Å². The molecule has 5 aromatic rings. The van der Waals surface area contributed by atoms with Crippen molar-refractivity contribution in [1.29, 1.82) is 0 Å². The van der Waals surface area contributed by atoms with Crippen LogP contribution in [0, 0.1) is 0 Å². The van der Waals surface area contributed by atoms with E-state index in [1.54, 1.807) is 10.6 Å². The van der Waals surface area contributed by atoms with Crippen LogP contribution in [-0.4, -0.2) is 26.9 Å². The lowest BCUT2D eigenvalue weighted by Gasteiger charge is -2.32. The first-order valence-corrected chi connectivity index (χ1v) is 13.5. The van der Waals surface area contributed by atoms with Gasteiger partial charge in [-0.3, -0.25) is 14.2 Å². The predicted octanol–water partition coefficient (Wildman–Crippen LogP) is 6.98. The minimum absolute atomic E-state index is 0.0951. The van der Waals surface area contributed by atoms with Crippen LogP contribution in [0.2, 0.25) is 0 Å². The molecule has 0 N–H and O–H groups in total. The molecular weight excluding hydrogens is 538 g/mol. The van der Waals surface area contributed by atoms with E-state index in [9.17, 15) is 9.59 Å². The maximum Gasteiger partial charge on any atom is 0.266 e. The Kier molecular flexibility index (Phi) is 7.80. The molecule has 0 spiro atoms. The van der Waals surface area contributed by atoms with E-state index in [1.165, 1.54) is 0 Å². The van der Waals surface area contributed by atoms with Gasteiger partial charge in [0.25, 0.3) is 11.5 Å². The van der Waals surface area contributed by atoms with Crippen molar-refractivity contribution in [1.82, 2.24) is 14.5 Å². The third kappa shape index (κ3) is 5.31. The van der Waals surface area contributed by atoms with Crippen LogP contribution in [0.15, 0.2) is 118 Å². The van der Waals surface area contributed by atoms with E-state index in [-0.39, 0.29) is 11.5 Å². The Morgan fingerprint density at radius 3 is 2.18 bits per heavy atom. The minimum Gasteiger partial charge on any atom is -0.328 e. The molecule has 0 saturated carbocycles. The SMILES string of the molecule is CCC(c1nc2ccccc2c(=O)n1-c1ccccc1)N(CCc1ccccc1)C(=O)c1ccc(Br)cc1. The lowest BCUT2D eigenvalue weighted by atomic mass is 10.1. The van der Waals surface area contributed by atoms with E-state index >= 15 is 0 Å². The van der Waals surface area contributed by atoms with Crippen LogP contribution in [0.1, 0.15) is 41.1 Å². The van der Waals surface area contributed by atoms with Crippen molar-refractivity contribution in [3.63, 3.8) is 0 Å². The fraction of sp³-hybridized carbons (Fsp3) is 0.156. The fourth-order valence-corrected chi connectivity index (χ4v) is 5.06. The lowest BCUT2D eigenvalue weighted by molar-refractivity contribution is 0.0662. The average molecular weight is 566 g/mol. The van der Waals surface area contributed by atoms with E-state index in [0.717, 1.165) is 15.7 Å². The molecule has 4 aromatic carbocycles. The van der Waals surface area contributed by atoms with Crippen LogP contribution in [0.4, 0.5) is 0 Å². The monoisotopic (exact) mass is 565 g/mol. The summed E-state index contributed by atoms with van der Waals surface area (Å²) in [6.45, 7) is 2.51. The molecule has 5 rings (SSSR count). The Labute approximate surface area is 230 Å². The molecule has 1 unspecified atom stereocenters. The minimum atomic E-state index is -0.424. The number of fused-ring (bicyclic) bond motifs is 1. The second-order valence-corrected chi connectivity index (χ2v) is 10.0. The highest BCUT2D eigenvalue weighted by Crippen LogP contribution is 2.28. The van der Waals surface area contributed by atoms with Gasteiger partial charge in [0.05, 0.1) is 22.6 Å².